The minimum absolute atomic E-state index is 0.692. The quantitative estimate of drug-likeness (QED) is 0.186. The second kappa shape index (κ2) is 11.9. The molecular weight excluding hydrogens is 621 g/mol. The first kappa shape index (κ1) is 29.1. The number of para-hydroxylation sites is 1. The minimum atomic E-state index is 0.692. The third-order valence-corrected chi connectivity index (χ3v) is 9.84. The molecule has 0 amide bonds. The lowest BCUT2D eigenvalue weighted by Gasteiger charge is -2.14. The van der Waals surface area contributed by atoms with Gasteiger partial charge in [0.25, 0.3) is 0 Å². The van der Waals surface area contributed by atoms with Crippen molar-refractivity contribution >= 4 is 43.5 Å². The topological polar surface area (TPSA) is 38.9 Å². The molecule has 0 N–H and O–H groups in total. The Balaban J connectivity index is 1.21. The van der Waals surface area contributed by atoms with Crippen LogP contribution in [-0.2, 0) is 0 Å². The number of hydrogen-bond donors (Lipinski definition) is 0. The van der Waals surface area contributed by atoms with Gasteiger partial charge in [-0.2, -0.15) is 0 Å². The van der Waals surface area contributed by atoms with Crippen LogP contribution in [0.25, 0.3) is 99.6 Å². The predicted octanol–water partition coefficient (Wildman–Crippen LogP) is 13.0. The lowest BCUT2D eigenvalue weighted by molar-refractivity contribution is 0.669. The van der Waals surface area contributed by atoms with Gasteiger partial charge in [0.15, 0.2) is 5.82 Å². The van der Waals surface area contributed by atoms with Crippen molar-refractivity contribution in [3.05, 3.63) is 182 Å². The molecule has 0 saturated carbocycles. The molecule has 0 bridgehead atoms. The molecule has 51 heavy (non-hydrogen) atoms. The van der Waals surface area contributed by atoms with E-state index in [0.717, 1.165) is 66.7 Å². The van der Waals surface area contributed by atoms with Crippen LogP contribution < -0.4 is 0 Å². The van der Waals surface area contributed by atoms with E-state index < -0.39 is 0 Å². The van der Waals surface area contributed by atoms with Gasteiger partial charge in [-0.1, -0.05) is 133 Å². The highest BCUT2D eigenvalue weighted by Gasteiger charge is 2.16. The van der Waals surface area contributed by atoms with E-state index in [4.69, 9.17) is 14.4 Å². The molecule has 10 aromatic rings. The Bertz CT molecular complexity index is 2920. The van der Waals surface area contributed by atoms with Gasteiger partial charge in [-0.3, -0.25) is 0 Å². The molecule has 3 nitrogen and oxygen atoms in total. The van der Waals surface area contributed by atoms with Crippen LogP contribution in [0.5, 0.6) is 0 Å². The molecule has 0 aliphatic rings. The molecule has 2 aromatic heterocycles. The molecule has 8 aromatic carbocycles. The monoisotopic (exact) mass is 650 g/mol. The van der Waals surface area contributed by atoms with E-state index in [2.05, 4.69) is 152 Å². The van der Waals surface area contributed by atoms with Crippen molar-refractivity contribution in [3.63, 3.8) is 0 Å². The zero-order valence-electron chi connectivity index (χ0n) is 27.6. The highest BCUT2D eigenvalue weighted by atomic mass is 16.3. The Hall–Kier alpha value is -6.84. The Kier molecular flexibility index (Phi) is 6.81. The Morgan fingerprint density at radius 2 is 0.961 bits per heavy atom. The van der Waals surface area contributed by atoms with Crippen LogP contribution in [-0.4, -0.2) is 9.97 Å². The molecule has 0 aliphatic carbocycles. The van der Waals surface area contributed by atoms with Crippen molar-refractivity contribution in [1.82, 2.24) is 9.97 Å². The minimum Gasteiger partial charge on any atom is -0.456 e. The molecule has 238 valence electrons. The summed E-state index contributed by atoms with van der Waals surface area (Å²) in [5, 5.41) is 7.03. The van der Waals surface area contributed by atoms with Crippen LogP contribution in [0.3, 0.4) is 0 Å². The molecule has 0 aliphatic heterocycles. The van der Waals surface area contributed by atoms with Crippen molar-refractivity contribution < 1.29 is 4.42 Å². The third-order valence-electron chi connectivity index (χ3n) is 9.84. The summed E-state index contributed by atoms with van der Waals surface area (Å²) in [4.78, 5) is 10.4. The molecular formula is C48H30N2O. The average molecular weight is 651 g/mol. The summed E-state index contributed by atoms with van der Waals surface area (Å²) in [6.45, 7) is 0. The average Bonchev–Trinajstić information content (AvgIpc) is 3.58. The highest BCUT2D eigenvalue weighted by molar-refractivity contribution is 6.06. The van der Waals surface area contributed by atoms with E-state index in [1.807, 2.05) is 30.3 Å². The number of furan rings is 1. The largest absolute Gasteiger partial charge is 0.456 e. The number of benzene rings is 8. The van der Waals surface area contributed by atoms with Crippen LogP contribution in [0.15, 0.2) is 186 Å². The van der Waals surface area contributed by atoms with Crippen molar-refractivity contribution in [3.8, 4) is 56.2 Å². The lowest BCUT2D eigenvalue weighted by atomic mass is 9.92. The van der Waals surface area contributed by atoms with E-state index in [1.54, 1.807) is 0 Å². The normalized spacial score (nSPS) is 11.5. The smallest absolute Gasteiger partial charge is 0.160 e. The second-order valence-electron chi connectivity index (χ2n) is 13.0. The predicted molar refractivity (Wildman–Crippen MR) is 212 cm³/mol. The molecule has 0 saturated heterocycles. The van der Waals surface area contributed by atoms with Gasteiger partial charge >= 0.3 is 0 Å². The van der Waals surface area contributed by atoms with Crippen LogP contribution in [0, 0.1) is 0 Å². The van der Waals surface area contributed by atoms with Crippen LogP contribution in [0.4, 0.5) is 0 Å². The van der Waals surface area contributed by atoms with Crippen molar-refractivity contribution in [2.75, 3.05) is 0 Å². The Morgan fingerprint density at radius 1 is 0.314 bits per heavy atom. The molecule has 2 heterocycles. The summed E-state index contributed by atoms with van der Waals surface area (Å²) in [5.74, 6) is 0.692. The van der Waals surface area contributed by atoms with Crippen LogP contribution in [0.1, 0.15) is 0 Å². The molecule has 10 rings (SSSR count). The van der Waals surface area contributed by atoms with Gasteiger partial charge in [0, 0.05) is 27.5 Å². The second-order valence-corrected chi connectivity index (χ2v) is 13.0. The maximum Gasteiger partial charge on any atom is 0.160 e. The first-order chi connectivity index (χ1) is 25.2. The van der Waals surface area contributed by atoms with Gasteiger partial charge in [-0.15, -0.1) is 0 Å². The fourth-order valence-corrected chi connectivity index (χ4v) is 7.29. The number of rotatable bonds is 5. The van der Waals surface area contributed by atoms with Gasteiger partial charge in [0.05, 0.1) is 11.4 Å². The number of aromatic nitrogens is 2. The highest BCUT2D eigenvalue weighted by Crippen LogP contribution is 2.39. The molecule has 0 unspecified atom stereocenters. The Labute approximate surface area is 295 Å². The van der Waals surface area contributed by atoms with Gasteiger partial charge in [-0.05, 0) is 92.3 Å². The zero-order chi connectivity index (χ0) is 33.7. The van der Waals surface area contributed by atoms with E-state index in [-0.39, 0.29) is 0 Å². The molecule has 0 atom stereocenters. The third kappa shape index (κ3) is 5.24. The van der Waals surface area contributed by atoms with Crippen LogP contribution in [0.2, 0.25) is 0 Å². The van der Waals surface area contributed by atoms with E-state index in [1.165, 1.54) is 27.1 Å². The van der Waals surface area contributed by atoms with Gasteiger partial charge < -0.3 is 4.42 Å². The van der Waals surface area contributed by atoms with E-state index >= 15 is 0 Å². The standard InChI is InChI=1S/C48H30N2O/c1-2-13-33(14-3-1)48-49-44(36-22-21-31-11-4-5-15-34(31)25-36)30-45(50-48)39-27-37(26-38(28-39)41-19-10-16-32-12-6-7-17-40(32)41)35-23-24-43-42-18-8-9-20-46(42)51-47(43)29-35/h1-30H. The molecule has 0 spiro atoms. The van der Waals surface area contributed by atoms with E-state index in [0.29, 0.717) is 5.82 Å². The number of hydrogen-bond acceptors (Lipinski definition) is 3. The summed E-state index contributed by atoms with van der Waals surface area (Å²) in [6.07, 6.45) is 0. The number of fused-ring (bicyclic) bond motifs is 5. The van der Waals surface area contributed by atoms with Crippen molar-refractivity contribution in [1.29, 1.82) is 0 Å². The maximum atomic E-state index is 6.34. The van der Waals surface area contributed by atoms with Crippen LogP contribution >= 0.6 is 0 Å². The molecule has 0 radical (unpaired) electrons. The molecule has 0 fully saturated rings. The van der Waals surface area contributed by atoms with E-state index in [9.17, 15) is 0 Å². The van der Waals surface area contributed by atoms with Gasteiger partial charge in [0.2, 0.25) is 0 Å². The fraction of sp³-hybridized carbons (Fsp3) is 0. The summed E-state index contributed by atoms with van der Waals surface area (Å²) in [7, 11) is 0. The SMILES string of the molecule is c1ccc(-c2nc(-c3cc(-c4ccc5c(c4)oc4ccccc45)cc(-c4cccc5ccccc45)c3)cc(-c3ccc4ccccc4c3)n2)cc1. The van der Waals surface area contributed by atoms with Crippen molar-refractivity contribution in [2.24, 2.45) is 0 Å². The number of nitrogens with zero attached hydrogens (tertiary/aromatic N) is 2. The van der Waals surface area contributed by atoms with Gasteiger partial charge in [-0.25, -0.2) is 9.97 Å². The maximum absolute atomic E-state index is 6.34. The summed E-state index contributed by atoms with van der Waals surface area (Å²) in [5.41, 5.74) is 11.0. The summed E-state index contributed by atoms with van der Waals surface area (Å²) < 4.78 is 6.34. The van der Waals surface area contributed by atoms with Crippen molar-refractivity contribution in [2.45, 2.75) is 0 Å². The lowest BCUT2D eigenvalue weighted by Crippen LogP contribution is -1.96. The van der Waals surface area contributed by atoms with Gasteiger partial charge in [0.1, 0.15) is 11.2 Å². The summed E-state index contributed by atoms with van der Waals surface area (Å²) in [6, 6.07) is 64.0. The first-order valence-electron chi connectivity index (χ1n) is 17.2. The molecule has 3 heteroatoms. The Morgan fingerprint density at radius 3 is 1.84 bits per heavy atom. The first-order valence-corrected chi connectivity index (χ1v) is 17.2. The fourth-order valence-electron chi connectivity index (χ4n) is 7.29. The summed E-state index contributed by atoms with van der Waals surface area (Å²) >= 11 is 0. The zero-order valence-corrected chi connectivity index (χ0v) is 27.6.